The largest absolute Gasteiger partial charge is 0.389 e. The van der Waals surface area contributed by atoms with Gasteiger partial charge in [-0.25, -0.2) is 0 Å². The second-order valence-corrected chi connectivity index (χ2v) is 4.98. The monoisotopic (exact) mass is 290 g/mol. The van der Waals surface area contributed by atoms with E-state index in [1.807, 2.05) is 6.07 Å². The molecule has 0 amide bonds. The fourth-order valence-corrected chi connectivity index (χ4v) is 1.86. The van der Waals surface area contributed by atoms with Crippen molar-refractivity contribution < 1.29 is 13.2 Å². The lowest BCUT2D eigenvalue weighted by Crippen LogP contribution is -2.33. The van der Waals surface area contributed by atoms with Gasteiger partial charge in [0.1, 0.15) is 5.54 Å². The quantitative estimate of drug-likeness (QED) is 0.848. The Morgan fingerprint density at radius 1 is 1.32 bits per heavy atom. The first-order valence-electron chi connectivity index (χ1n) is 5.76. The topological polar surface area (TPSA) is 35.8 Å². The Bertz CT molecular complexity index is 468. The van der Waals surface area contributed by atoms with Crippen LogP contribution in [0.4, 0.5) is 18.9 Å². The molecule has 0 aliphatic heterocycles. The molecule has 0 spiro atoms. The van der Waals surface area contributed by atoms with Gasteiger partial charge >= 0.3 is 6.18 Å². The molecular formula is C13H14ClF3N2. The Balaban J connectivity index is 2.63. The minimum absolute atomic E-state index is 0.0961. The van der Waals surface area contributed by atoms with Gasteiger partial charge in [0.15, 0.2) is 0 Å². The third kappa shape index (κ3) is 5.84. The Morgan fingerprint density at radius 3 is 2.53 bits per heavy atom. The SMILES string of the molecule is CC(C#N)(CCCC(F)(F)F)Nc1cccc(Cl)c1. The molecule has 104 valence electrons. The number of alkyl halides is 3. The van der Waals surface area contributed by atoms with Gasteiger partial charge in [-0.15, -0.1) is 0 Å². The molecule has 0 heterocycles. The highest BCUT2D eigenvalue weighted by molar-refractivity contribution is 6.30. The van der Waals surface area contributed by atoms with Crippen molar-refractivity contribution in [3.05, 3.63) is 29.3 Å². The van der Waals surface area contributed by atoms with Crippen molar-refractivity contribution in [2.75, 3.05) is 5.32 Å². The summed E-state index contributed by atoms with van der Waals surface area (Å²) in [5.74, 6) is 0. The maximum absolute atomic E-state index is 12.1. The van der Waals surface area contributed by atoms with Crippen LogP contribution < -0.4 is 5.32 Å². The summed E-state index contributed by atoms with van der Waals surface area (Å²) >= 11 is 5.81. The maximum Gasteiger partial charge on any atom is 0.389 e. The van der Waals surface area contributed by atoms with E-state index in [0.717, 1.165) is 0 Å². The molecule has 0 radical (unpaired) electrons. The average Bonchev–Trinajstić information content (AvgIpc) is 2.27. The van der Waals surface area contributed by atoms with Gasteiger partial charge in [-0.1, -0.05) is 17.7 Å². The third-order valence-corrected chi connectivity index (χ3v) is 2.86. The van der Waals surface area contributed by atoms with Crippen LogP contribution in [0.2, 0.25) is 5.02 Å². The van der Waals surface area contributed by atoms with Crippen LogP contribution in [0.25, 0.3) is 0 Å². The van der Waals surface area contributed by atoms with Crippen LogP contribution in [0.5, 0.6) is 0 Å². The number of nitriles is 1. The van der Waals surface area contributed by atoms with E-state index in [2.05, 4.69) is 5.32 Å². The molecule has 1 rings (SSSR count). The summed E-state index contributed by atoms with van der Waals surface area (Å²) in [4.78, 5) is 0. The number of anilines is 1. The summed E-state index contributed by atoms with van der Waals surface area (Å²) in [6, 6.07) is 8.74. The van der Waals surface area contributed by atoms with Gasteiger partial charge in [0, 0.05) is 17.1 Å². The van der Waals surface area contributed by atoms with Crippen LogP contribution in [-0.2, 0) is 0 Å². The first kappa shape index (κ1) is 15.6. The standard InChI is InChI=1S/C13H14ClF3N2/c1-12(9-18,6-3-7-13(15,16)17)19-11-5-2-4-10(14)8-11/h2,4-5,8,19H,3,6-7H2,1H3. The van der Waals surface area contributed by atoms with E-state index in [-0.39, 0.29) is 12.8 Å². The lowest BCUT2D eigenvalue weighted by atomic mass is 9.96. The van der Waals surface area contributed by atoms with Gasteiger partial charge in [0.2, 0.25) is 0 Å². The van der Waals surface area contributed by atoms with E-state index in [1.54, 1.807) is 31.2 Å². The fraction of sp³-hybridized carbons (Fsp3) is 0.462. The first-order chi connectivity index (χ1) is 8.74. The molecule has 0 saturated heterocycles. The summed E-state index contributed by atoms with van der Waals surface area (Å²) in [6.45, 7) is 1.57. The van der Waals surface area contributed by atoms with Gasteiger partial charge in [-0.05, 0) is 38.0 Å². The number of nitrogens with one attached hydrogen (secondary N) is 1. The lowest BCUT2D eigenvalue weighted by Gasteiger charge is -2.24. The molecule has 0 aliphatic rings. The number of hydrogen-bond donors (Lipinski definition) is 1. The number of nitrogens with zero attached hydrogens (tertiary/aromatic N) is 1. The van der Waals surface area contributed by atoms with E-state index in [9.17, 15) is 13.2 Å². The Morgan fingerprint density at radius 2 is 2.00 bits per heavy atom. The molecule has 0 aromatic heterocycles. The molecule has 0 saturated carbocycles. The smallest absolute Gasteiger partial charge is 0.368 e. The van der Waals surface area contributed by atoms with Crippen molar-refractivity contribution in [2.45, 2.75) is 37.9 Å². The number of hydrogen-bond acceptors (Lipinski definition) is 2. The van der Waals surface area contributed by atoms with Crippen LogP contribution in [0.15, 0.2) is 24.3 Å². The molecule has 2 nitrogen and oxygen atoms in total. The van der Waals surface area contributed by atoms with Crippen LogP contribution in [0, 0.1) is 11.3 Å². The highest BCUT2D eigenvalue weighted by atomic mass is 35.5. The summed E-state index contributed by atoms with van der Waals surface area (Å²) in [7, 11) is 0. The lowest BCUT2D eigenvalue weighted by molar-refractivity contribution is -0.135. The van der Waals surface area contributed by atoms with Crippen molar-refractivity contribution >= 4 is 17.3 Å². The van der Waals surface area contributed by atoms with Crippen LogP contribution in [0.3, 0.4) is 0 Å². The highest BCUT2D eigenvalue weighted by Gasteiger charge is 2.30. The van der Waals surface area contributed by atoms with Gasteiger partial charge in [0.05, 0.1) is 6.07 Å². The number of halogens is 4. The van der Waals surface area contributed by atoms with E-state index in [1.165, 1.54) is 0 Å². The van der Waals surface area contributed by atoms with Crippen LogP contribution in [-0.4, -0.2) is 11.7 Å². The van der Waals surface area contributed by atoms with Crippen molar-refractivity contribution in [1.82, 2.24) is 0 Å². The van der Waals surface area contributed by atoms with Crippen molar-refractivity contribution in [3.8, 4) is 6.07 Å². The van der Waals surface area contributed by atoms with Gasteiger partial charge in [-0.3, -0.25) is 0 Å². The molecule has 6 heteroatoms. The first-order valence-corrected chi connectivity index (χ1v) is 6.14. The summed E-state index contributed by atoms with van der Waals surface area (Å²) in [5, 5.41) is 12.5. The molecule has 19 heavy (non-hydrogen) atoms. The molecule has 0 aliphatic carbocycles. The van der Waals surface area contributed by atoms with Crippen LogP contribution in [0.1, 0.15) is 26.2 Å². The zero-order valence-corrected chi connectivity index (χ0v) is 11.1. The second kappa shape index (κ2) is 6.16. The molecule has 1 unspecified atom stereocenters. The van der Waals surface area contributed by atoms with Crippen molar-refractivity contribution in [2.24, 2.45) is 0 Å². The van der Waals surface area contributed by atoms with Crippen molar-refractivity contribution in [1.29, 1.82) is 5.26 Å². The summed E-state index contributed by atoms with van der Waals surface area (Å²) in [5.41, 5.74) is -0.431. The molecular weight excluding hydrogens is 277 g/mol. The average molecular weight is 291 g/mol. The van der Waals surface area contributed by atoms with Crippen LogP contribution >= 0.6 is 11.6 Å². The highest BCUT2D eigenvalue weighted by Crippen LogP contribution is 2.27. The minimum atomic E-state index is -4.19. The van der Waals surface area contributed by atoms with E-state index in [0.29, 0.717) is 10.7 Å². The molecule has 0 bridgehead atoms. The molecule has 0 fully saturated rings. The Hall–Kier alpha value is -1.41. The zero-order valence-electron chi connectivity index (χ0n) is 10.4. The second-order valence-electron chi connectivity index (χ2n) is 4.55. The summed E-state index contributed by atoms with van der Waals surface area (Å²) in [6.07, 6.45) is -5.06. The predicted molar refractivity (Wildman–Crippen MR) is 69.0 cm³/mol. The predicted octanol–water partition coefficient (Wildman–Crippen LogP) is 4.77. The molecule has 1 aromatic rings. The third-order valence-electron chi connectivity index (χ3n) is 2.63. The normalized spacial score (nSPS) is 14.5. The number of rotatable bonds is 5. The molecule has 1 N–H and O–H groups in total. The molecule has 1 atom stereocenters. The van der Waals surface area contributed by atoms with Gasteiger partial charge in [-0.2, -0.15) is 18.4 Å². The summed E-state index contributed by atoms with van der Waals surface area (Å²) < 4.78 is 36.3. The van der Waals surface area contributed by atoms with Gasteiger partial charge in [0.25, 0.3) is 0 Å². The Kier molecular flexibility index (Phi) is 5.07. The molecule has 1 aromatic carbocycles. The number of benzene rings is 1. The maximum atomic E-state index is 12.1. The van der Waals surface area contributed by atoms with E-state index in [4.69, 9.17) is 16.9 Å². The minimum Gasteiger partial charge on any atom is -0.368 e. The van der Waals surface area contributed by atoms with Gasteiger partial charge < -0.3 is 5.32 Å². The Labute approximate surface area is 115 Å². The van der Waals surface area contributed by atoms with E-state index >= 15 is 0 Å². The van der Waals surface area contributed by atoms with Crippen molar-refractivity contribution in [3.63, 3.8) is 0 Å². The zero-order chi connectivity index (χ0) is 14.5. The van der Waals surface area contributed by atoms with E-state index < -0.39 is 18.1 Å². The fourth-order valence-electron chi connectivity index (χ4n) is 1.67.